The average molecular weight is 542 g/mol. The molecule has 3 aromatic carbocycles. The molecular formula is C31H35N5O4. The number of hydrogen-bond acceptors (Lipinski definition) is 6. The van der Waals surface area contributed by atoms with E-state index in [1.165, 1.54) is 0 Å². The lowest BCUT2D eigenvalue weighted by atomic mass is 10.0. The molecule has 0 spiro atoms. The number of amides is 2. The maximum Gasteiger partial charge on any atom is 0.247 e. The summed E-state index contributed by atoms with van der Waals surface area (Å²) in [5, 5.41) is 11.7. The molecule has 1 atom stereocenters. The first-order valence-corrected chi connectivity index (χ1v) is 13.8. The van der Waals surface area contributed by atoms with E-state index in [0.29, 0.717) is 29.2 Å². The second kappa shape index (κ2) is 12.6. The average Bonchev–Trinajstić information content (AvgIpc) is 3.64. The molecule has 40 heavy (non-hydrogen) atoms. The van der Waals surface area contributed by atoms with Gasteiger partial charge in [-0.25, -0.2) is 4.68 Å². The van der Waals surface area contributed by atoms with E-state index in [2.05, 4.69) is 15.6 Å². The smallest absolute Gasteiger partial charge is 0.247 e. The lowest BCUT2D eigenvalue weighted by molar-refractivity contribution is -0.142. The van der Waals surface area contributed by atoms with E-state index in [1.54, 1.807) is 16.7 Å². The fraction of sp³-hybridized carbons (Fsp3) is 0.355. The summed E-state index contributed by atoms with van der Waals surface area (Å²) in [6, 6.07) is 21.6. The molecule has 1 fully saturated rings. The molecule has 4 aromatic rings. The third-order valence-corrected chi connectivity index (χ3v) is 7.29. The van der Waals surface area contributed by atoms with Crippen molar-refractivity contribution in [2.24, 2.45) is 0 Å². The Kier molecular flexibility index (Phi) is 8.59. The third-order valence-electron chi connectivity index (χ3n) is 7.29. The number of benzene rings is 3. The van der Waals surface area contributed by atoms with Crippen LogP contribution in [0.2, 0.25) is 0 Å². The Hall–Kier alpha value is -4.40. The summed E-state index contributed by atoms with van der Waals surface area (Å²) in [7, 11) is 1.61. The molecule has 1 aliphatic rings. The topological polar surface area (TPSA) is 98.6 Å². The fourth-order valence-electron chi connectivity index (χ4n) is 5.34. The van der Waals surface area contributed by atoms with Crippen molar-refractivity contribution < 1.29 is 19.1 Å². The van der Waals surface area contributed by atoms with Crippen LogP contribution in [0.15, 0.2) is 72.8 Å². The van der Waals surface area contributed by atoms with Crippen molar-refractivity contribution >= 4 is 22.8 Å². The van der Waals surface area contributed by atoms with E-state index in [-0.39, 0.29) is 30.9 Å². The summed E-state index contributed by atoms with van der Waals surface area (Å²) in [5.41, 5.74) is 2.92. The quantitative estimate of drug-likeness (QED) is 0.296. The minimum atomic E-state index is -0.920. The van der Waals surface area contributed by atoms with Crippen molar-refractivity contribution in [2.75, 3.05) is 13.7 Å². The second-order valence-corrected chi connectivity index (χ2v) is 9.97. The van der Waals surface area contributed by atoms with Crippen LogP contribution < -0.4 is 14.8 Å². The van der Waals surface area contributed by atoms with Gasteiger partial charge < -0.3 is 19.7 Å². The van der Waals surface area contributed by atoms with Gasteiger partial charge in [0.2, 0.25) is 11.8 Å². The summed E-state index contributed by atoms with van der Waals surface area (Å²) in [4.78, 5) is 30.0. The summed E-state index contributed by atoms with van der Waals surface area (Å²) in [5.74, 6) is 0.759. The van der Waals surface area contributed by atoms with Gasteiger partial charge in [0.25, 0.3) is 0 Å². The molecule has 2 amide bonds. The normalized spacial score (nSPS) is 14.2. The lowest BCUT2D eigenvalue weighted by Crippen LogP contribution is -2.46. The Morgan fingerprint density at radius 2 is 1.82 bits per heavy atom. The summed E-state index contributed by atoms with van der Waals surface area (Å²) in [6.45, 7) is 2.45. The van der Waals surface area contributed by atoms with E-state index in [4.69, 9.17) is 9.47 Å². The minimum absolute atomic E-state index is 0.0749. The molecular weight excluding hydrogens is 506 g/mol. The number of fused-ring (bicyclic) bond motifs is 1. The monoisotopic (exact) mass is 541 g/mol. The molecule has 1 heterocycles. The standard InChI is InChI=1S/C31H35N5O4/c1-3-40-28-18-9-6-15-25(28)30(31(38)32-23-12-4-5-13-23)35(20-22-11-10-14-24(19-22)39-2)29(37)21-36-27-17-8-7-16-26(27)33-34-36/h6-11,14-19,23,30H,3-5,12-13,20-21H2,1-2H3,(H,32,38)/t30-/m0/s1. The molecule has 0 bridgehead atoms. The first-order chi connectivity index (χ1) is 19.6. The largest absolute Gasteiger partial charge is 0.497 e. The SMILES string of the molecule is CCOc1ccccc1[C@@H](C(=O)NC1CCCC1)N(Cc1cccc(OC)c1)C(=O)Cn1nnc2ccccc21. The number of para-hydroxylation sites is 2. The Morgan fingerprint density at radius 3 is 2.62 bits per heavy atom. The number of ether oxygens (including phenoxy) is 2. The Morgan fingerprint density at radius 1 is 1.05 bits per heavy atom. The minimum Gasteiger partial charge on any atom is -0.497 e. The van der Waals surface area contributed by atoms with Gasteiger partial charge in [-0.1, -0.05) is 60.5 Å². The van der Waals surface area contributed by atoms with Crippen LogP contribution in [0.4, 0.5) is 0 Å². The maximum absolute atomic E-state index is 14.2. The molecule has 1 N–H and O–H groups in total. The van der Waals surface area contributed by atoms with Crippen LogP contribution in [-0.2, 0) is 22.7 Å². The zero-order chi connectivity index (χ0) is 27.9. The first kappa shape index (κ1) is 27.2. The summed E-state index contributed by atoms with van der Waals surface area (Å²) >= 11 is 0. The van der Waals surface area contributed by atoms with Gasteiger partial charge in [0, 0.05) is 18.2 Å². The molecule has 1 saturated carbocycles. The number of nitrogens with zero attached hydrogens (tertiary/aromatic N) is 4. The summed E-state index contributed by atoms with van der Waals surface area (Å²) < 4.78 is 13.0. The molecule has 5 rings (SSSR count). The van der Waals surface area contributed by atoms with Crippen LogP contribution in [-0.4, -0.2) is 51.5 Å². The molecule has 9 nitrogen and oxygen atoms in total. The van der Waals surface area contributed by atoms with Crippen molar-refractivity contribution in [1.82, 2.24) is 25.2 Å². The highest BCUT2D eigenvalue weighted by Gasteiger charge is 2.35. The van der Waals surface area contributed by atoms with Gasteiger partial charge in [-0.2, -0.15) is 0 Å². The van der Waals surface area contributed by atoms with Gasteiger partial charge in [-0.3, -0.25) is 9.59 Å². The van der Waals surface area contributed by atoms with Crippen molar-refractivity contribution in [3.8, 4) is 11.5 Å². The number of aromatic nitrogens is 3. The Bertz CT molecular complexity index is 1460. The molecule has 9 heteroatoms. The van der Waals surface area contributed by atoms with Crippen LogP contribution >= 0.6 is 0 Å². The first-order valence-electron chi connectivity index (χ1n) is 13.8. The van der Waals surface area contributed by atoms with Crippen LogP contribution in [0.5, 0.6) is 11.5 Å². The summed E-state index contributed by atoms with van der Waals surface area (Å²) in [6.07, 6.45) is 4.02. The van der Waals surface area contributed by atoms with Crippen LogP contribution in [0.3, 0.4) is 0 Å². The van der Waals surface area contributed by atoms with Gasteiger partial charge in [0.1, 0.15) is 29.6 Å². The third kappa shape index (κ3) is 6.09. The molecule has 0 aliphatic heterocycles. The van der Waals surface area contributed by atoms with Gasteiger partial charge in [0.05, 0.1) is 19.2 Å². The van der Waals surface area contributed by atoms with Crippen molar-refractivity contribution in [1.29, 1.82) is 0 Å². The van der Waals surface area contributed by atoms with Crippen LogP contribution in [0.25, 0.3) is 11.0 Å². The predicted molar refractivity (Wildman–Crippen MR) is 152 cm³/mol. The number of methoxy groups -OCH3 is 1. The Labute approximate surface area is 234 Å². The highest BCUT2D eigenvalue weighted by atomic mass is 16.5. The van der Waals surface area contributed by atoms with Gasteiger partial charge in [-0.05, 0) is 55.7 Å². The van der Waals surface area contributed by atoms with E-state index in [0.717, 1.165) is 36.8 Å². The molecule has 0 radical (unpaired) electrons. The van der Waals surface area contributed by atoms with Crippen molar-refractivity contribution in [3.63, 3.8) is 0 Å². The van der Waals surface area contributed by atoms with E-state index in [9.17, 15) is 9.59 Å². The van der Waals surface area contributed by atoms with E-state index >= 15 is 0 Å². The molecule has 1 aromatic heterocycles. The molecule has 0 unspecified atom stereocenters. The van der Waals surface area contributed by atoms with Crippen LogP contribution in [0.1, 0.15) is 49.8 Å². The van der Waals surface area contributed by atoms with Gasteiger partial charge in [-0.15, -0.1) is 5.10 Å². The zero-order valence-electron chi connectivity index (χ0n) is 23.0. The van der Waals surface area contributed by atoms with Crippen molar-refractivity contribution in [2.45, 2.75) is 57.8 Å². The molecule has 208 valence electrons. The zero-order valence-corrected chi connectivity index (χ0v) is 23.0. The number of rotatable bonds is 11. The molecule has 1 aliphatic carbocycles. The Balaban J connectivity index is 1.57. The lowest BCUT2D eigenvalue weighted by Gasteiger charge is -2.33. The van der Waals surface area contributed by atoms with Crippen molar-refractivity contribution in [3.05, 3.63) is 83.9 Å². The number of nitrogens with one attached hydrogen (secondary N) is 1. The van der Waals surface area contributed by atoms with E-state index in [1.807, 2.05) is 79.7 Å². The van der Waals surface area contributed by atoms with Crippen LogP contribution in [0, 0.1) is 0 Å². The predicted octanol–water partition coefficient (Wildman–Crippen LogP) is 4.67. The molecule has 0 saturated heterocycles. The van der Waals surface area contributed by atoms with E-state index < -0.39 is 6.04 Å². The van der Waals surface area contributed by atoms with Gasteiger partial charge >= 0.3 is 0 Å². The highest BCUT2D eigenvalue weighted by Crippen LogP contribution is 2.33. The number of hydrogen-bond donors (Lipinski definition) is 1. The second-order valence-electron chi connectivity index (χ2n) is 9.97. The number of carbonyl (C=O) groups is 2. The number of carbonyl (C=O) groups excluding carboxylic acids is 2. The highest BCUT2D eigenvalue weighted by molar-refractivity contribution is 5.90. The maximum atomic E-state index is 14.2. The van der Waals surface area contributed by atoms with Gasteiger partial charge in [0.15, 0.2) is 0 Å². The fourth-order valence-corrected chi connectivity index (χ4v) is 5.34.